The molecule has 0 amide bonds. The van der Waals surface area contributed by atoms with Crippen LogP contribution in [0.5, 0.6) is 0 Å². The first kappa shape index (κ1) is 10.3. The second-order valence-electron chi connectivity index (χ2n) is 4.17. The highest BCUT2D eigenvalue weighted by Crippen LogP contribution is 2.29. The lowest BCUT2D eigenvalue weighted by molar-refractivity contribution is 0.571. The molecule has 0 saturated heterocycles. The van der Waals surface area contributed by atoms with Crippen molar-refractivity contribution < 1.29 is 8.78 Å². The van der Waals surface area contributed by atoms with Crippen molar-refractivity contribution in [3.63, 3.8) is 0 Å². The molecule has 88 valence electrons. The molecule has 1 heterocycles. The number of anilines is 1. The molecule has 1 aliphatic rings. The average molecular weight is 235 g/mol. The zero-order valence-electron chi connectivity index (χ0n) is 9.08. The van der Waals surface area contributed by atoms with Crippen molar-refractivity contribution in [2.75, 3.05) is 5.73 Å². The Labute approximate surface area is 96.9 Å². The van der Waals surface area contributed by atoms with Crippen LogP contribution in [0.15, 0.2) is 18.2 Å². The molecule has 0 radical (unpaired) electrons. The highest BCUT2D eigenvalue weighted by Gasteiger charge is 2.22. The maximum Gasteiger partial charge on any atom is 0.151 e. The summed E-state index contributed by atoms with van der Waals surface area (Å²) in [6.45, 7) is 0. The molecule has 3 rings (SSSR count). The van der Waals surface area contributed by atoms with E-state index in [2.05, 4.69) is 5.10 Å². The van der Waals surface area contributed by atoms with Crippen molar-refractivity contribution in [1.82, 2.24) is 9.78 Å². The van der Waals surface area contributed by atoms with Crippen LogP contribution in [0.3, 0.4) is 0 Å². The third kappa shape index (κ3) is 1.50. The van der Waals surface area contributed by atoms with Crippen LogP contribution < -0.4 is 5.73 Å². The highest BCUT2D eigenvalue weighted by molar-refractivity contribution is 5.49. The lowest BCUT2D eigenvalue weighted by Crippen LogP contribution is -2.04. The second kappa shape index (κ2) is 3.55. The van der Waals surface area contributed by atoms with Crippen molar-refractivity contribution in [2.24, 2.45) is 0 Å². The summed E-state index contributed by atoms with van der Waals surface area (Å²) < 4.78 is 28.0. The van der Waals surface area contributed by atoms with Gasteiger partial charge in [-0.25, -0.2) is 13.5 Å². The van der Waals surface area contributed by atoms with Crippen LogP contribution in [-0.4, -0.2) is 9.78 Å². The van der Waals surface area contributed by atoms with Crippen LogP contribution in [0.2, 0.25) is 0 Å². The topological polar surface area (TPSA) is 43.8 Å². The van der Waals surface area contributed by atoms with Crippen LogP contribution in [0, 0.1) is 11.6 Å². The molecular formula is C12H11F2N3. The van der Waals surface area contributed by atoms with Gasteiger partial charge in [-0.15, -0.1) is 0 Å². The van der Waals surface area contributed by atoms with Gasteiger partial charge in [0.2, 0.25) is 0 Å². The molecule has 1 aromatic heterocycles. The SMILES string of the molecule is Nc1nn(-c2ccc(F)cc2F)c2c1CCC2. The standard InChI is InChI=1S/C12H11F2N3/c13-7-4-5-11(9(14)6-7)17-10-3-1-2-8(10)12(15)16-17/h4-6H,1-3H2,(H2,15,16). The summed E-state index contributed by atoms with van der Waals surface area (Å²) >= 11 is 0. The quantitative estimate of drug-likeness (QED) is 0.823. The van der Waals surface area contributed by atoms with Gasteiger partial charge in [-0.05, 0) is 31.4 Å². The molecule has 2 aromatic rings. The summed E-state index contributed by atoms with van der Waals surface area (Å²) in [6, 6.07) is 3.46. The van der Waals surface area contributed by atoms with Crippen molar-refractivity contribution in [2.45, 2.75) is 19.3 Å². The number of nitrogens with two attached hydrogens (primary N) is 1. The van der Waals surface area contributed by atoms with Crippen LogP contribution in [0.4, 0.5) is 14.6 Å². The minimum atomic E-state index is -0.623. The minimum absolute atomic E-state index is 0.251. The van der Waals surface area contributed by atoms with E-state index < -0.39 is 11.6 Å². The van der Waals surface area contributed by atoms with E-state index in [1.165, 1.54) is 16.8 Å². The Kier molecular flexibility index (Phi) is 2.14. The molecule has 3 nitrogen and oxygen atoms in total. The van der Waals surface area contributed by atoms with E-state index in [1.54, 1.807) is 0 Å². The van der Waals surface area contributed by atoms with Crippen molar-refractivity contribution in [3.05, 3.63) is 41.1 Å². The smallest absolute Gasteiger partial charge is 0.151 e. The largest absolute Gasteiger partial charge is 0.382 e. The normalized spacial score (nSPS) is 14.0. The zero-order valence-corrected chi connectivity index (χ0v) is 9.08. The Morgan fingerprint density at radius 3 is 2.82 bits per heavy atom. The Bertz CT molecular complexity index is 590. The molecule has 1 aromatic carbocycles. The summed E-state index contributed by atoms with van der Waals surface area (Å²) in [5, 5.41) is 4.12. The number of benzene rings is 1. The van der Waals surface area contributed by atoms with Gasteiger partial charge < -0.3 is 5.73 Å². The van der Waals surface area contributed by atoms with Crippen molar-refractivity contribution in [1.29, 1.82) is 0 Å². The van der Waals surface area contributed by atoms with Gasteiger partial charge >= 0.3 is 0 Å². The van der Waals surface area contributed by atoms with Crippen LogP contribution in [0.1, 0.15) is 17.7 Å². The van der Waals surface area contributed by atoms with Crippen LogP contribution in [0.25, 0.3) is 5.69 Å². The summed E-state index contributed by atoms with van der Waals surface area (Å²) in [5.74, 6) is -0.772. The van der Waals surface area contributed by atoms with E-state index in [4.69, 9.17) is 5.73 Å². The number of hydrogen-bond donors (Lipinski definition) is 1. The summed E-state index contributed by atoms with van der Waals surface area (Å²) in [5.41, 5.74) is 7.96. The fraction of sp³-hybridized carbons (Fsp3) is 0.250. The second-order valence-corrected chi connectivity index (χ2v) is 4.17. The molecule has 1 aliphatic carbocycles. The third-order valence-electron chi connectivity index (χ3n) is 3.10. The summed E-state index contributed by atoms with van der Waals surface area (Å²) in [4.78, 5) is 0. The van der Waals surface area contributed by atoms with Gasteiger partial charge in [0, 0.05) is 17.3 Å². The van der Waals surface area contributed by atoms with E-state index in [-0.39, 0.29) is 5.69 Å². The molecule has 0 unspecified atom stereocenters. The van der Waals surface area contributed by atoms with Gasteiger partial charge in [-0.2, -0.15) is 5.10 Å². The number of fused-ring (bicyclic) bond motifs is 1. The van der Waals surface area contributed by atoms with Gasteiger partial charge in [0.25, 0.3) is 0 Å². The maximum atomic E-state index is 13.7. The van der Waals surface area contributed by atoms with E-state index in [0.717, 1.165) is 36.6 Å². The number of halogens is 2. The van der Waals surface area contributed by atoms with Gasteiger partial charge in [0.15, 0.2) is 5.82 Å². The molecule has 0 aliphatic heterocycles. The maximum absolute atomic E-state index is 13.7. The van der Waals surface area contributed by atoms with E-state index >= 15 is 0 Å². The Hall–Kier alpha value is -1.91. The molecule has 0 saturated carbocycles. The molecule has 0 atom stereocenters. The van der Waals surface area contributed by atoms with Gasteiger partial charge in [0.05, 0.1) is 0 Å². The minimum Gasteiger partial charge on any atom is -0.382 e. The van der Waals surface area contributed by atoms with Gasteiger partial charge in [-0.1, -0.05) is 0 Å². The van der Waals surface area contributed by atoms with Crippen molar-refractivity contribution in [3.8, 4) is 5.69 Å². The number of hydrogen-bond acceptors (Lipinski definition) is 2. The molecule has 0 spiro atoms. The third-order valence-corrected chi connectivity index (χ3v) is 3.10. The first-order chi connectivity index (χ1) is 8.16. The number of nitrogen functional groups attached to an aromatic ring is 1. The van der Waals surface area contributed by atoms with E-state index in [9.17, 15) is 8.78 Å². The van der Waals surface area contributed by atoms with E-state index in [0.29, 0.717) is 5.82 Å². The Morgan fingerprint density at radius 1 is 1.24 bits per heavy atom. The predicted octanol–water partition coefficient (Wildman–Crippen LogP) is 2.22. The van der Waals surface area contributed by atoms with Crippen LogP contribution in [-0.2, 0) is 12.8 Å². The highest BCUT2D eigenvalue weighted by atomic mass is 19.1. The Balaban J connectivity index is 2.19. The molecule has 0 bridgehead atoms. The first-order valence-corrected chi connectivity index (χ1v) is 5.48. The Morgan fingerprint density at radius 2 is 2.06 bits per heavy atom. The lowest BCUT2D eigenvalue weighted by Gasteiger charge is -2.06. The van der Waals surface area contributed by atoms with Crippen LogP contribution >= 0.6 is 0 Å². The van der Waals surface area contributed by atoms with Crippen molar-refractivity contribution >= 4 is 5.82 Å². The number of aromatic nitrogens is 2. The van der Waals surface area contributed by atoms with Gasteiger partial charge in [-0.3, -0.25) is 0 Å². The fourth-order valence-electron chi connectivity index (χ4n) is 2.32. The monoisotopic (exact) mass is 235 g/mol. The molecular weight excluding hydrogens is 224 g/mol. The summed E-state index contributed by atoms with van der Waals surface area (Å²) in [6.07, 6.45) is 2.71. The molecule has 17 heavy (non-hydrogen) atoms. The summed E-state index contributed by atoms with van der Waals surface area (Å²) in [7, 11) is 0. The lowest BCUT2D eigenvalue weighted by atomic mass is 10.2. The fourth-order valence-corrected chi connectivity index (χ4v) is 2.32. The van der Waals surface area contributed by atoms with E-state index in [1.807, 2.05) is 0 Å². The zero-order chi connectivity index (χ0) is 12.0. The number of nitrogens with zero attached hydrogens (tertiary/aromatic N) is 2. The average Bonchev–Trinajstić information content (AvgIpc) is 2.84. The molecule has 0 fully saturated rings. The molecule has 5 heteroatoms. The number of rotatable bonds is 1. The predicted molar refractivity (Wildman–Crippen MR) is 59.9 cm³/mol. The van der Waals surface area contributed by atoms with Gasteiger partial charge in [0.1, 0.15) is 17.3 Å². The molecule has 2 N–H and O–H groups in total. The first-order valence-electron chi connectivity index (χ1n) is 5.48.